The Hall–Kier alpha value is -2.92. The summed E-state index contributed by atoms with van der Waals surface area (Å²) >= 11 is 0. The van der Waals surface area contributed by atoms with Crippen molar-refractivity contribution in [1.29, 1.82) is 0 Å². The third-order valence-corrected chi connectivity index (χ3v) is 3.85. The molecule has 0 spiro atoms. The average molecular weight is 334 g/mol. The second-order valence-corrected chi connectivity index (χ2v) is 6.00. The van der Waals surface area contributed by atoms with Crippen LogP contribution in [0.1, 0.15) is 12.5 Å². The van der Waals surface area contributed by atoms with Gasteiger partial charge in [-0.1, -0.05) is 48.5 Å². The summed E-state index contributed by atoms with van der Waals surface area (Å²) in [6.07, 6.45) is 0. The summed E-state index contributed by atoms with van der Waals surface area (Å²) < 4.78 is 0. The minimum atomic E-state index is -0.127. The maximum atomic E-state index is 9.29. The molecular weight excluding hydrogens is 312 g/mol. The van der Waals surface area contributed by atoms with Gasteiger partial charge in [-0.05, 0) is 25.5 Å². The summed E-state index contributed by atoms with van der Waals surface area (Å²) in [7, 11) is 0. The van der Waals surface area contributed by atoms with Gasteiger partial charge in [0.1, 0.15) is 5.82 Å². The first kappa shape index (κ1) is 16.9. The SMILES string of the molecule is Cc1ccccc1Nc1cc(-c2ccccc2)nc(N[C@@H](C)CO)n1. The summed E-state index contributed by atoms with van der Waals surface area (Å²) in [5, 5.41) is 15.8. The molecule has 0 radical (unpaired) electrons. The molecular formula is C20H22N4O. The molecule has 0 bridgehead atoms. The molecule has 1 atom stereocenters. The normalized spacial score (nSPS) is 11.8. The van der Waals surface area contributed by atoms with E-state index in [1.54, 1.807) is 0 Å². The highest BCUT2D eigenvalue weighted by atomic mass is 16.3. The van der Waals surface area contributed by atoms with E-state index in [9.17, 15) is 5.11 Å². The van der Waals surface area contributed by atoms with Crippen LogP contribution in [0.4, 0.5) is 17.5 Å². The molecule has 25 heavy (non-hydrogen) atoms. The Kier molecular flexibility index (Phi) is 5.26. The summed E-state index contributed by atoms with van der Waals surface area (Å²) in [6, 6.07) is 19.8. The van der Waals surface area contributed by atoms with Crippen LogP contribution in [-0.4, -0.2) is 27.7 Å². The van der Waals surface area contributed by atoms with Crippen molar-refractivity contribution in [2.75, 3.05) is 17.2 Å². The lowest BCUT2D eigenvalue weighted by atomic mass is 10.1. The highest BCUT2D eigenvalue weighted by Gasteiger charge is 2.10. The van der Waals surface area contributed by atoms with Crippen LogP contribution >= 0.6 is 0 Å². The molecule has 0 unspecified atom stereocenters. The van der Waals surface area contributed by atoms with Crippen LogP contribution < -0.4 is 10.6 Å². The van der Waals surface area contributed by atoms with Gasteiger partial charge < -0.3 is 15.7 Å². The quantitative estimate of drug-likeness (QED) is 0.636. The topological polar surface area (TPSA) is 70.1 Å². The van der Waals surface area contributed by atoms with Gasteiger partial charge in [0, 0.05) is 23.4 Å². The van der Waals surface area contributed by atoms with Crippen LogP contribution in [-0.2, 0) is 0 Å². The molecule has 0 saturated heterocycles. The summed E-state index contributed by atoms with van der Waals surface area (Å²) in [6.45, 7) is 3.95. The van der Waals surface area contributed by atoms with E-state index in [1.165, 1.54) is 0 Å². The fourth-order valence-corrected chi connectivity index (χ4v) is 2.45. The van der Waals surface area contributed by atoms with Crippen molar-refractivity contribution in [1.82, 2.24) is 9.97 Å². The van der Waals surface area contributed by atoms with Gasteiger partial charge in [0.05, 0.1) is 12.3 Å². The van der Waals surface area contributed by atoms with Gasteiger partial charge in [0.25, 0.3) is 0 Å². The van der Waals surface area contributed by atoms with E-state index in [0.29, 0.717) is 11.8 Å². The number of para-hydroxylation sites is 1. The van der Waals surface area contributed by atoms with Gasteiger partial charge in [-0.2, -0.15) is 4.98 Å². The predicted octanol–water partition coefficient (Wildman–Crippen LogP) is 3.99. The van der Waals surface area contributed by atoms with E-state index in [2.05, 4.69) is 33.6 Å². The Morgan fingerprint density at radius 2 is 1.72 bits per heavy atom. The number of hydrogen-bond acceptors (Lipinski definition) is 5. The number of aromatic nitrogens is 2. The van der Waals surface area contributed by atoms with Crippen LogP contribution in [0.2, 0.25) is 0 Å². The number of aliphatic hydroxyl groups is 1. The predicted molar refractivity (Wildman–Crippen MR) is 102 cm³/mol. The number of nitrogens with zero attached hydrogens (tertiary/aromatic N) is 2. The summed E-state index contributed by atoms with van der Waals surface area (Å²) in [4.78, 5) is 9.12. The maximum Gasteiger partial charge on any atom is 0.225 e. The molecule has 3 N–H and O–H groups in total. The summed E-state index contributed by atoms with van der Waals surface area (Å²) in [5.74, 6) is 1.19. The zero-order valence-electron chi connectivity index (χ0n) is 14.4. The molecule has 128 valence electrons. The lowest BCUT2D eigenvalue weighted by Crippen LogP contribution is -2.21. The Morgan fingerprint density at radius 3 is 2.44 bits per heavy atom. The third-order valence-electron chi connectivity index (χ3n) is 3.85. The van der Waals surface area contributed by atoms with Crippen LogP contribution in [0.3, 0.4) is 0 Å². The minimum absolute atomic E-state index is 0.0134. The van der Waals surface area contributed by atoms with E-state index in [-0.39, 0.29) is 12.6 Å². The smallest absolute Gasteiger partial charge is 0.225 e. The summed E-state index contributed by atoms with van der Waals surface area (Å²) in [5.41, 5.74) is 3.97. The van der Waals surface area contributed by atoms with Crippen LogP contribution in [0, 0.1) is 6.92 Å². The molecule has 0 aliphatic rings. The lowest BCUT2D eigenvalue weighted by Gasteiger charge is -2.15. The number of benzene rings is 2. The highest BCUT2D eigenvalue weighted by Crippen LogP contribution is 2.25. The number of hydrogen-bond donors (Lipinski definition) is 3. The number of nitrogens with one attached hydrogen (secondary N) is 2. The van der Waals surface area contributed by atoms with Crippen LogP contribution in [0.5, 0.6) is 0 Å². The lowest BCUT2D eigenvalue weighted by molar-refractivity contribution is 0.281. The first-order valence-corrected chi connectivity index (χ1v) is 8.30. The number of aliphatic hydroxyl groups excluding tert-OH is 1. The van der Waals surface area contributed by atoms with Gasteiger partial charge in [0.15, 0.2) is 0 Å². The zero-order valence-corrected chi connectivity index (χ0v) is 14.4. The largest absolute Gasteiger partial charge is 0.394 e. The van der Waals surface area contributed by atoms with Gasteiger partial charge >= 0.3 is 0 Å². The highest BCUT2D eigenvalue weighted by molar-refractivity contribution is 5.68. The van der Waals surface area contributed by atoms with E-state index in [0.717, 1.165) is 22.5 Å². The zero-order chi connectivity index (χ0) is 17.6. The molecule has 1 aromatic heterocycles. The maximum absolute atomic E-state index is 9.29. The van der Waals surface area contributed by atoms with Crippen molar-refractivity contribution in [3.8, 4) is 11.3 Å². The molecule has 5 nitrogen and oxygen atoms in total. The van der Waals surface area contributed by atoms with Crippen LogP contribution in [0.15, 0.2) is 60.7 Å². The second-order valence-electron chi connectivity index (χ2n) is 6.00. The van der Waals surface area contributed by atoms with Crippen molar-refractivity contribution in [2.24, 2.45) is 0 Å². The van der Waals surface area contributed by atoms with Gasteiger partial charge in [-0.15, -0.1) is 0 Å². The van der Waals surface area contributed by atoms with Gasteiger partial charge in [0.2, 0.25) is 5.95 Å². The Morgan fingerprint density at radius 1 is 1.00 bits per heavy atom. The molecule has 0 aliphatic heterocycles. The van der Waals surface area contributed by atoms with E-state index in [4.69, 9.17) is 0 Å². The Balaban J connectivity index is 1.99. The molecule has 3 rings (SSSR count). The standard InChI is InChI=1S/C20H22N4O/c1-14-8-6-7-11-17(14)22-19-12-18(16-9-4-3-5-10-16)23-20(24-19)21-15(2)13-25/h3-12,15,25H,13H2,1-2H3,(H2,21,22,23,24)/t15-/m0/s1. The van der Waals surface area contributed by atoms with Gasteiger partial charge in [-0.3, -0.25) is 0 Å². The Bertz CT molecular complexity index is 836. The fourth-order valence-electron chi connectivity index (χ4n) is 2.45. The van der Waals surface area contributed by atoms with Crippen molar-refractivity contribution < 1.29 is 5.11 Å². The molecule has 1 heterocycles. The number of rotatable bonds is 6. The molecule has 0 fully saturated rings. The van der Waals surface area contributed by atoms with Crippen molar-refractivity contribution >= 4 is 17.5 Å². The second kappa shape index (κ2) is 7.77. The number of aryl methyl sites for hydroxylation is 1. The molecule has 0 aliphatic carbocycles. The van der Waals surface area contributed by atoms with Crippen LogP contribution in [0.25, 0.3) is 11.3 Å². The van der Waals surface area contributed by atoms with Gasteiger partial charge in [-0.25, -0.2) is 4.98 Å². The average Bonchev–Trinajstić information content (AvgIpc) is 2.64. The monoisotopic (exact) mass is 334 g/mol. The molecule has 2 aromatic carbocycles. The van der Waals surface area contributed by atoms with E-state index >= 15 is 0 Å². The fraction of sp³-hybridized carbons (Fsp3) is 0.200. The van der Waals surface area contributed by atoms with Crippen molar-refractivity contribution in [2.45, 2.75) is 19.9 Å². The molecule has 0 amide bonds. The third kappa shape index (κ3) is 4.33. The Labute approximate surface area is 147 Å². The first-order valence-electron chi connectivity index (χ1n) is 8.30. The minimum Gasteiger partial charge on any atom is -0.394 e. The first-order chi connectivity index (χ1) is 12.2. The van der Waals surface area contributed by atoms with Crippen molar-refractivity contribution in [3.63, 3.8) is 0 Å². The molecule has 0 saturated carbocycles. The molecule has 5 heteroatoms. The number of anilines is 3. The van der Waals surface area contributed by atoms with Crippen molar-refractivity contribution in [3.05, 3.63) is 66.2 Å². The van der Waals surface area contributed by atoms with E-state index < -0.39 is 0 Å². The van der Waals surface area contributed by atoms with E-state index in [1.807, 2.05) is 61.5 Å². The molecule has 3 aromatic rings.